The molecule has 2 atom stereocenters. The van der Waals surface area contributed by atoms with E-state index < -0.39 is 0 Å². The van der Waals surface area contributed by atoms with E-state index in [2.05, 4.69) is 33.4 Å². The second kappa shape index (κ2) is 5.66. The second-order valence-corrected chi connectivity index (χ2v) is 6.89. The molecule has 1 fully saturated rings. The maximum atomic E-state index is 12.0. The number of halogens is 1. The summed E-state index contributed by atoms with van der Waals surface area (Å²) in [5.41, 5.74) is 2.36. The zero-order chi connectivity index (χ0) is 13.2. The van der Waals surface area contributed by atoms with Gasteiger partial charge in [-0.15, -0.1) is 0 Å². The van der Waals surface area contributed by atoms with Crippen LogP contribution in [0.1, 0.15) is 50.0 Å². The molecule has 102 valence electrons. The first-order valence-corrected chi connectivity index (χ1v) is 8.21. The highest BCUT2D eigenvalue weighted by Gasteiger charge is 2.33. The summed E-state index contributed by atoms with van der Waals surface area (Å²) in [6, 6.07) is 8.33. The van der Waals surface area contributed by atoms with E-state index in [0.29, 0.717) is 5.92 Å². The molecule has 1 N–H and O–H groups in total. The summed E-state index contributed by atoms with van der Waals surface area (Å²) in [6.07, 6.45) is 7.61. The van der Waals surface area contributed by atoms with Gasteiger partial charge in [-0.3, -0.25) is 4.79 Å². The number of rotatable bonds is 1. The topological polar surface area (TPSA) is 29.1 Å². The van der Waals surface area contributed by atoms with E-state index in [1.54, 1.807) is 0 Å². The summed E-state index contributed by atoms with van der Waals surface area (Å²) >= 11 is 3.56. The molecule has 2 nitrogen and oxygen atoms in total. The molecule has 1 saturated carbocycles. The molecule has 1 heterocycles. The minimum Gasteiger partial charge on any atom is -0.325 e. The normalized spacial score (nSPS) is 28.4. The van der Waals surface area contributed by atoms with Crippen LogP contribution in [0.15, 0.2) is 24.3 Å². The van der Waals surface area contributed by atoms with Gasteiger partial charge in [0.2, 0.25) is 5.91 Å². The summed E-state index contributed by atoms with van der Waals surface area (Å²) in [5.74, 6) is 1.35. The van der Waals surface area contributed by atoms with Gasteiger partial charge in [-0.1, -0.05) is 53.4 Å². The largest absolute Gasteiger partial charge is 0.325 e. The van der Waals surface area contributed by atoms with Crippen LogP contribution in [0.3, 0.4) is 0 Å². The van der Waals surface area contributed by atoms with Crippen LogP contribution in [0.5, 0.6) is 0 Å². The predicted octanol–water partition coefficient (Wildman–Crippen LogP) is 4.46. The fraction of sp³-hybridized carbons (Fsp3) is 0.562. The first kappa shape index (κ1) is 13.2. The molecule has 3 heteroatoms. The van der Waals surface area contributed by atoms with E-state index in [0.717, 1.165) is 18.0 Å². The molecule has 2 aliphatic rings. The summed E-state index contributed by atoms with van der Waals surface area (Å²) in [5, 5.41) is 3.06. The first-order valence-electron chi connectivity index (χ1n) is 7.29. The van der Waals surface area contributed by atoms with Crippen molar-refractivity contribution in [2.45, 2.75) is 49.3 Å². The van der Waals surface area contributed by atoms with E-state index in [1.165, 1.54) is 37.7 Å². The molecule has 0 radical (unpaired) electrons. The zero-order valence-corrected chi connectivity index (χ0v) is 12.7. The van der Waals surface area contributed by atoms with Crippen LogP contribution in [0.25, 0.3) is 0 Å². The Labute approximate surface area is 123 Å². The maximum Gasteiger partial charge on any atom is 0.238 e. The maximum absolute atomic E-state index is 12.0. The Morgan fingerprint density at radius 2 is 1.84 bits per heavy atom. The lowest BCUT2D eigenvalue weighted by Crippen LogP contribution is -2.23. The van der Waals surface area contributed by atoms with E-state index >= 15 is 0 Å². The predicted molar refractivity (Wildman–Crippen MR) is 81.7 cm³/mol. The van der Waals surface area contributed by atoms with Crippen molar-refractivity contribution < 1.29 is 4.79 Å². The summed E-state index contributed by atoms with van der Waals surface area (Å²) in [4.78, 5) is 12.0. The van der Waals surface area contributed by atoms with Crippen LogP contribution in [-0.2, 0) is 4.79 Å². The van der Waals surface area contributed by atoms with Gasteiger partial charge in [0.25, 0.3) is 0 Å². The Hall–Kier alpha value is -0.830. The molecule has 1 amide bonds. The molecule has 0 saturated heterocycles. The van der Waals surface area contributed by atoms with Crippen LogP contribution >= 0.6 is 15.9 Å². The van der Waals surface area contributed by atoms with Crippen molar-refractivity contribution in [3.05, 3.63) is 29.8 Å². The number of nitrogens with one attached hydrogen (secondary N) is 1. The SMILES string of the molecule is O=C1Nc2ccccc2[C@@H](C2CCCCC2)C[C@H]1Br. The number of carbonyl (C=O) groups is 1. The number of anilines is 1. The first-order chi connectivity index (χ1) is 9.25. The van der Waals surface area contributed by atoms with E-state index in [9.17, 15) is 4.79 Å². The quantitative estimate of drug-likeness (QED) is 0.760. The summed E-state index contributed by atoms with van der Waals surface area (Å²) in [6.45, 7) is 0. The molecule has 1 aromatic carbocycles. The monoisotopic (exact) mass is 321 g/mol. The molecule has 0 spiro atoms. The second-order valence-electron chi connectivity index (χ2n) is 5.78. The average molecular weight is 322 g/mol. The molecule has 0 bridgehead atoms. The average Bonchev–Trinajstić information content (AvgIpc) is 2.58. The molecule has 1 aromatic rings. The zero-order valence-electron chi connectivity index (χ0n) is 11.1. The molecule has 19 heavy (non-hydrogen) atoms. The van der Waals surface area contributed by atoms with E-state index in [1.807, 2.05) is 12.1 Å². The molecular weight excluding hydrogens is 302 g/mol. The molecule has 0 unspecified atom stereocenters. The van der Waals surface area contributed by atoms with Crippen molar-refractivity contribution in [2.24, 2.45) is 5.92 Å². The van der Waals surface area contributed by atoms with Gasteiger partial charge in [0.1, 0.15) is 0 Å². The Morgan fingerprint density at radius 3 is 2.63 bits per heavy atom. The number of carbonyl (C=O) groups excluding carboxylic acids is 1. The minimum atomic E-state index is -0.0631. The fourth-order valence-electron chi connectivity index (χ4n) is 3.59. The highest BCUT2D eigenvalue weighted by atomic mass is 79.9. The van der Waals surface area contributed by atoms with Gasteiger partial charge in [0.05, 0.1) is 4.83 Å². The lowest BCUT2D eigenvalue weighted by atomic mass is 9.75. The number of hydrogen-bond donors (Lipinski definition) is 1. The van der Waals surface area contributed by atoms with Crippen LogP contribution in [0.4, 0.5) is 5.69 Å². The molecule has 3 rings (SSSR count). The van der Waals surface area contributed by atoms with E-state index in [-0.39, 0.29) is 10.7 Å². The van der Waals surface area contributed by atoms with Gasteiger partial charge in [-0.2, -0.15) is 0 Å². The van der Waals surface area contributed by atoms with Crippen LogP contribution < -0.4 is 5.32 Å². The van der Waals surface area contributed by atoms with Gasteiger partial charge >= 0.3 is 0 Å². The van der Waals surface area contributed by atoms with Gasteiger partial charge in [-0.25, -0.2) is 0 Å². The standard InChI is InChI=1S/C16H20BrNO/c17-14-10-13(11-6-2-1-3-7-11)12-8-4-5-9-15(12)18-16(14)19/h4-5,8-9,11,13-14H,1-3,6-7,10H2,(H,18,19)/t13-,14-/m1/s1. The Morgan fingerprint density at radius 1 is 1.11 bits per heavy atom. The van der Waals surface area contributed by atoms with Crippen molar-refractivity contribution in [1.29, 1.82) is 0 Å². The third-order valence-corrected chi connectivity index (χ3v) is 5.37. The van der Waals surface area contributed by atoms with Crippen LogP contribution in [0.2, 0.25) is 0 Å². The highest BCUT2D eigenvalue weighted by molar-refractivity contribution is 9.10. The Kier molecular flexibility index (Phi) is 3.92. The molecule has 1 aliphatic carbocycles. The molecular formula is C16H20BrNO. The summed E-state index contributed by atoms with van der Waals surface area (Å²) in [7, 11) is 0. The lowest BCUT2D eigenvalue weighted by molar-refractivity contribution is -0.115. The number of amides is 1. The highest BCUT2D eigenvalue weighted by Crippen LogP contribution is 2.43. The van der Waals surface area contributed by atoms with Gasteiger partial charge in [0.15, 0.2) is 0 Å². The smallest absolute Gasteiger partial charge is 0.238 e. The fourth-order valence-corrected chi connectivity index (χ4v) is 4.10. The minimum absolute atomic E-state index is 0.0631. The van der Waals surface area contributed by atoms with Gasteiger partial charge in [0, 0.05) is 5.69 Å². The number of hydrogen-bond acceptors (Lipinski definition) is 1. The van der Waals surface area contributed by atoms with Gasteiger partial charge in [-0.05, 0) is 42.7 Å². The lowest BCUT2D eigenvalue weighted by Gasteiger charge is -2.31. The number of para-hydroxylation sites is 1. The third-order valence-electron chi connectivity index (χ3n) is 4.58. The van der Waals surface area contributed by atoms with Crippen LogP contribution in [0, 0.1) is 5.92 Å². The Bertz CT molecular complexity index is 468. The van der Waals surface area contributed by atoms with Crippen molar-refractivity contribution in [3.63, 3.8) is 0 Å². The number of alkyl halides is 1. The van der Waals surface area contributed by atoms with Crippen LogP contribution in [-0.4, -0.2) is 10.7 Å². The van der Waals surface area contributed by atoms with Gasteiger partial charge < -0.3 is 5.32 Å². The number of fused-ring (bicyclic) bond motifs is 1. The van der Waals surface area contributed by atoms with E-state index in [4.69, 9.17) is 0 Å². The Balaban J connectivity index is 1.95. The van der Waals surface area contributed by atoms with Crippen molar-refractivity contribution in [3.8, 4) is 0 Å². The summed E-state index contributed by atoms with van der Waals surface area (Å²) < 4.78 is 0. The molecule has 1 aliphatic heterocycles. The molecule has 0 aromatic heterocycles. The van der Waals surface area contributed by atoms with Crippen molar-refractivity contribution in [1.82, 2.24) is 0 Å². The van der Waals surface area contributed by atoms with Crippen molar-refractivity contribution in [2.75, 3.05) is 5.32 Å². The van der Waals surface area contributed by atoms with Crippen molar-refractivity contribution >= 4 is 27.5 Å². The third kappa shape index (κ3) is 2.71. The number of benzene rings is 1.